The Kier molecular flexibility index (Phi) is 3.97. The number of carboxylic acid groups (broad SMARTS) is 1. The van der Waals surface area contributed by atoms with Gasteiger partial charge in [0.2, 0.25) is 0 Å². The van der Waals surface area contributed by atoms with Gasteiger partial charge in [-0.05, 0) is 26.2 Å². The van der Waals surface area contributed by atoms with Crippen molar-refractivity contribution in [3.05, 3.63) is 17.6 Å². The molecule has 20 heavy (non-hydrogen) atoms. The molecule has 2 heterocycles. The van der Waals surface area contributed by atoms with Gasteiger partial charge in [0, 0.05) is 24.2 Å². The van der Waals surface area contributed by atoms with Crippen LogP contribution in [-0.2, 0) is 4.79 Å². The minimum absolute atomic E-state index is 0.233. The van der Waals surface area contributed by atoms with Gasteiger partial charge in [0.1, 0.15) is 17.2 Å². The molecular weight excluding hydrogens is 254 g/mol. The molecule has 5 nitrogen and oxygen atoms in total. The molecule has 0 spiro atoms. The van der Waals surface area contributed by atoms with Crippen molar-refractivity contribution < 1.29 is 9.90 Å². The summed E-state index contributed by atoms with van der Waals surface area (Å²) >= 11 is 0. The number of hydrogen-bond acceptors (Lipinski definition) is 4. The molecule has 1 aromatic rings. The number of nitrogens with zero attached hydrogens (tertiary/aromatic N) is 3. The monoisotopic (exact) mass is 277 g/mol. The standard InChI is InChI=1S/C15H23N3O2/c1-5-15(14(19)20)7-6-8-18(15)12-9-11(4)16-13(17-12)10(2)3/h9-10H,5-8H2,1-4H3,(H,19,20). The van der Waals surface area contributed by atoms with Crippen LogP contribution in [0.1, 0.15) is 57.5 Å². The average Bonchev–Trinajstić information content (AvgIpc) is 2.82. The molecule has 0 bridgehead atoms. The van der Waals surface area contributed by atoms with E-state index in [0.29, 0.717) is 12.8 Å². The van der Waals surface area contributed by atoms with E-state index in [0.717, 1.165) is 30.3 Å². The first kappa shape index (κ1) is 14.8. The molecule has 1 aliphatic rings. The number of carbonyl (C=O) groups is 1. The summed E-state index contributed by atoms with van der Waals surface area (Å²) in [6.45, 7) is 8.71. The molecule has 0 aromatic carbocycles. The molecule has 0 radical (unpaired) electrons. The number of aliphatic carboxylic acids is 1. The van der Waals surface area contributed by atoms with Crippen molar-refractivity contribution in [1.82, 2.24) is 9.97 Å². The van der Waals surface area contributed by atoms with Crippen molar-refractivity contribution in [3.8, 4) is 0 Å². The molecule has 1 aliphatic heterocycles. The maximum absolute atomic E-state index is 11.8. The summed E-state index contributed by atoms with van der Waals surface area (Å²) in [5, 5.41) is 9.66. The first-order chi connectivity index (χ1) is 9.40. The molecule has 1 fully saturated rings. The number of carboxylic acids is 1. The van der Waals surface area contributed by atoms with Gasteiger partial charge in [-0.15, -0.1) is 0 Å². The van der Waals surface area contributed by atoms with Crippen molar-refractivity contribution in [2.45, 2.75) is 58.4 Å². The zero-order valence-corrected chi connectivity index (χ0v) is 12.7. The SMILES string of the molecule is CCC1(C(=O)O)CCCN1c1cc(C)nc(C(C)C)n1. The highest BCUT2D eigenvalue weighted by molar-refractivity contribution is 5.84. The molecule has 110 valence electrons. The van der Waals surface area contributed by atoms with E-state index in [1.807, 2.05) is 38.7 Å². The van der Waals surface area contributed by atoms with Gasteiger partial charge < -0.3 is 10.0 Å². The summed E-state index contributed by atoms with van der Waals surface area (Å²) in [5.41, 5.74) is 0.0793. The van der Waals surface area contributed by atoms with E-state index in [4.69, 9.17) is 0 Å². The molecule has 0 saturated carbocycles. The Morgan fingerprint density at radius 2 is 2.20 bits per heavy atom. The smallest absolute Gasteiger partial charge is 0.329 e. The van der Waals surface area contributed by atoms with E-state index in [1.54, 1.807) is 0 Å². The normalized spacial score (nSPS) is 22.6. The van der Waals surface area contributed by atoms with E-state index in [-0.39, 0.29) is 5.92 Å². The van der Waals surface area contributed by atoms with Crippen LogP contribution in [0.25, 0.3) is 0 Å². The van der Waals surface area contributed by atoms with E-state index in [9.17, 15) is 9.90 Å². The molecule has 0 aliphatic carbocycles. The molecule has 5 heteroatoms. The zero-order chi connectivity index (χ0) is 14.9. The Labute approximate surface area is 120 Å². The first-order valence-electron chi connectivity index (χ1n) is 7.27. The van der Waals surface area contributed by atoms with Crippen molar-refractivity contribution in [3.63, 3.8) is 0 Å². The maximum atomic E-state index is 11.8. The maximum Gasteiger partial charge on any atom is 0.329 e. The second kappa shape index (κ2) is 5.38. The lowest BCUT2D eigenvalue weighted by Gasteiger charge is -2.35. The molecule has 1 N–H and O–H groups in total. The molecule has 1 unspecified atom stereocenters. The number of aromatic nitrogens is 2. The van der Waals surface area contributed by atoms with Crippen LogP contribution in [0.3, 0.4) is 0 Å². The third-order valence-electron chi connectivity index (χ3n) is 4.12. The van der Waals surface area contributed by atoms with Crippen LogP contribution in [-0.4, -0.2) is 33.1 Å². The lowest BCUT2D eigenvalue weighted by atomic mass is 9.93. The predicted molar refractivity (Wildman–Crippen MR) is 78.1 cm³/mol. The van der Waals surface area contributed by atoms with E-state index >= 15 is 0 Å². The topological polar surface area (TPSA) is 66.3 Å². The summed E-state index contributed by atoms with van der Waals surface area (Å²) in [7, 11) is 0. The minimum Gasteiger partial charge on any atom is -0.479 e. The van der Waals surface area contributed by atoms with Gasteiger partial charge in [0.15, 0.2) is 0 Å². The van der Waals surface area contributed by atoms with Gasteiger partial charge in [-0.1, -0.05) is 20.8 Å². The van der Waals surface area contributed by atoms with Crippen molar-refractivity contribution in [2.24, 2.45) is 0 Å². The molecular formula is C15H23N3O2. The van der Waals surface area contributed by atoms with Gasteiger partial charge in [-0.25, -0.2) is 14.8 Å². The van der Waals surface area contributed by atoms with Crippen molar-refractivity contribution in [1.29, 1.82) is 0 Å². The van der Waals surface area contributed by atoms with Crippen LogP contribution in [0.15, 0.2) is 6.07 Å². The van der Waals surface area contributed by atoms with Crippen molar-refractivity contribution in [2.75, 3.05) is 11.4 Å². The summed E-state index contributed by atoms with van der Waals surface area (Å²) in [6.07, 6.45) is 2.15. The molecule has 1 aromatic heterocycles. The average molecular weight is 277 g/mol. The highest BCUT2D eigenvalue weighted by atomic mass is 16.4. The van der Waals surface area contributed by atoms with E-state index in [2.05, 4.69) is 9.97 Å². The molecule has 1 atom stereocenters. The second-order valence-electron chi connectivity index (χ2n) is 5.83. The number of anilines is 1. The van der Waals surface area contributed by atoms with Crippen LogP contribution in [0, 0.1) is 6.92 Å². The van der Waals surface area contributed by atoms with Gasteiger partial charge in [0.05, 0.1) is 0 Å². The number of hydrogen-bond donors (Lipinski definition) is 1. The summed E-state index contributed by atoms with van der Waals surface area (Å²) < 4.78 is 0. The quantitative estimate of drug-likeness (QED) is 0.916. The lowest BCUT2D eigenvalue weighted by Crippen LogP contribution is -2.50. The molecule has 0 amide bonds. The second-order valence-corrected chi connectivity index (χ2v) is 5.83. The van der Waals surface area contributed by atoms with Crippen molar-refractivity contribution >= 4 is 11.8 Å². The molecule has 2 rings (SSSR count). The Morgan fingerprint density at radius 3 is 2.75 bits per heavy atom. The van der Waals surface area contributed by atoms with E-state index in [1.165, 1.54) is 0 Å². The van der Waals surface area contributed by atoms with Crippen LogP contribution >= 0.6 is 0 Å². The third kappa shape index (κ3) is 2.37. The highest BCUT2D eigenvalue weighted by Crippen LogP contribution is 2.36. The molecule has 1 saturated heterocycles. The fourth-order valence-electron chi connectivity index (χ4n) is 2.92. The van der Waals surface area contributed by atoms with Gasteiger partial charge >= 0.3 is 5.97 Å². The van der Waals surface area contributed by atoms with Crippen LogP contribution < -0.4 is 4.90 Å². The Balaban J connectivity index is 2.47. The fourth-order valence-corrected chi connectivity index (χ4v) is 2.92. The lowest BCUT2D eigenvalue weighted by molar-refractivity contribution is -0.143. The first-order valence-corrected chi connectivity index (χ1v) is 7.27. The Hall–Kier alpha value is -1.65. The zero-order valence-electron chi connectivity index (χ0n) is 12.7. The Morgan fingerprint density at radius 1 is 1.50 bits per heavy atom. The predicted octanol–water partition coefficient (Wildman–Crippen LogP) is 2.74. The largest absolute Gasteiger partial charge is 0.479 e. The fraction of sp³-hybridized carbons (Fsp3) is 0.667. The number of rotatable bonds is 4. The van der Waals surface area contributed by atoms with Gasteiger partial charge in [-0.3, -0.25) is 0 Å². The summed E-state index contributed by atoms with van der Waals surface area (Å²) in [6, 6.07) is 1.89. The number of aryl methyl sites for hydroxylation is 1. The summed E-state index contributed by atoms with van der Waals surface area (Å²) in [5.74, 6) is 1.02. The summed E-state index contributed by atoms with van der Waals surface area (Å²) in [4.78, 5) is 22.7. The van der Waals surface area contributed by atoms with Gasteiger partial charge in [-0.2, -0.15) is 0 Å². The van der Waals surface area contributed by atoms with Crippen LogP contribution in [0.5, 0.6) is 0 Å². The Bertz CT molecular complexity index is 516. The highest BCUT2D eigenvalue weighted by Gasteiger charge is 2.47. The van der Waals surface area contributed by atoms with Crippen LogP contribution in [0.2, 0.25) is 0 Å². The third-order valence-corrected chi connectivity index (χ3v) is 4.12. The minimum atomic E-state index is -0.810. The van der Waals surface area contributed by atoms with Gasteiger partial charge in [0.25, 0.3) is 0 Å². The van der Waals surface area contributed by atoms with E-state index < -0.39 is 11.5 Å². The van der Waals surface area contributed by atoms with Crippen LogP contribution in [0.4, 0.5) is 5.82 Å².